The number of aliphatic carboxylic acids is 1. The van der Waals surface area contributed by atoms with E-state index >= 15 is 0 Å². The van der Waals surface area contributed by atoms with Crippen molar-refractivity contribution in [1.29, 1.82) is 0 Å². The maximum atomic E-state index is 12.4. The van der Waals surface area contributed by atoms with Crippen LogP contribution in [0, 0.1) is 11.8 Å². The second-order valence-corrected chi connectivity index (χ2v) is 8.76. The lowest BCUT2D eigenvalue weighted by molar-refractivity contribution is -0.138. The number of hydrogen-bond donors (Lipinski definition) is 2. The molecule has 1 heterocycles. The number of nitrogens with one attached hydrogen (secondary N) is 1. The number of hydrogen-bond acceptors (Lipinski definition) is 3. The van der Waals surface area contributed by atoms with Gasteiger partial charge in [-0.25, -0.2) is 4.72 Å². The van der Waals surface area contributed by atoms with E-state index in [0.717, 1.165) is 51.4 Å². The van der Waals surface area contributed by atoms with Crippen molar-refractivity contribution in [2.75, 3.05) is 19.6 Å². The SMILES string of the molecule is O=C(O)CC1CCC(CNS(=O)(=O)N2CCCCCCC2)CC1. The topological polar surface area (TPSA) is 86.7 Å². The molecule has 2 N–H and O–H groups in total. The quantitative estimate of drug-likeness (QED) is 0.773. The average molecular weight is 346 g/mol. The van der Waals surface area contributed by atoms with Crippen molar-refractivity contribution in [3.05, 3.63) is 0 Å². The van der Waals surface area contributed by atoms with Gasteiger partial charge in [0.2, 0.25) is 0 Å². The van der Waals surface area contributed by atoms with Crippen LogP contribution in [0.25, 0.3) is 0 Å². The van der Waals surface area contributed by atoms with Crippen molar-refractivity contribution in [3.63, 3.8) is 0 Å². The molecule has 0 atom stereocenters. The van der Waals surface area contributed by atoms with Gasteiger partial charge in [0.1, 0.15) is 0 Å². The van der Waals surface area contributed by atoms with E-state index in [1.54, 1.807) is 4.31 Å². The van der Waals surface area contributed by atoms with Crippen LogP contribution in [-0.2, 0) is 15.0 Å². The number of carboxylic acid groups (broad SMARTS) is 1. The number of carbonyl (C=O) groups is 1. The number of nitrogens with zero attached hydrogens (tertiary/aromatic N) is 1. The summed E-state index contributed by atoms with van der Waals surface area (Å²) in [6, 6.07) is 0. The second-order valence-electron chi connectivity index (χ2n) is 7.00. The second kappa shape index (κ2) is 8.99. The van der Waals surface area contributed by atoms with Crippen LogP contribution in [0.4, 0.5) is 0 Å². The van der Waals surface area contributed by atoms with E-state index in [4.69, 9.17) is 5.11 Å². The van der Waals surface area contributed by atoms with Gasteiger partial charge in [0.25, 0.3) is 10.2 Å². The maximum absolute atomic E-state index is 12.4. The van der Waals surface area contributed by atoms with Gasteiger partial charge in [-0.1, -0.05) is 19.3 Å². The van der Waals surface area contributed by atoms with Crippen molar-refractivity contribution in [2.45, 2.75) is 64.2 Å². The molecule has 2 rings (SSSR count). The van der Waals surface area contributed by atoms with Crippen LogP contribution >= 0.6 is 0 Å². The first-order valence-corrected chi connectivity index (χ1v) is 10.4. The van der Waals surface area contributed by atoms with Gasteiger partial charge in [0, 0.05) is 26.1 Å². The minimum absolute atomic E-state index is 0.242. The summed E-state index contributed by atoms with van der Waals surface area (Å²) in [5, 5.41) is 8.83. The molecular formula is C16H30N2O4S. The van der Waals surface area contributed by atoms with Gasteiger partial charge in [-0.05, 0) is 50.4 Å². The molecule has 7 heteroatoms. The van der Waals surface area contributed by atoms with Gasteiger partial charge in [-0.3, -0.25) is 4.79 Å². The van der Waals surface area contributed by atoms with E-state index in [1.807, 2.05) is 0 Å². The molecule has 0 radical (unpaired) electrons. The Morgan fingerprint density at radius 3 is 2.04 bits per heavy atom. The average Bonchev–Trinajstić information content (AvgIpc) is 2.45. The predicted octanol–water partition coefficient (Wildman–Crippen LogP) is 2.37. The summed E-state index contributed by atoms with van der Waals surface area (Å²) in [7, 11) is -3.37. The smallest absolute Gasteiger partial charge is 0.303 e. The molecule has 1 saturated carbocycles. The van der Waals surface area contributed by atoms with Crippen molar-refractivity contribution in [2.24, 2.45) is 11.8 Å². The summed E-state index contributed by atoms with van der Waals surface area (Å²) in [6.07, 6.45) is 9.18. The minimum Gasteiger partial charge on any atom is -0.481 e. The van der Waals surface area contributed by atoms with Crippen LogP contribution < -0.4 is 4.72 Å². The van der Waals surface area contributed by atoms with Crippen molar-refractivity contribution < 1.29 is 18.3 Å². The molecular weight excluding hydrogens is 316 g/mol. The van der Waals surface area contributed by atoms with Crippen molar-refractivity contribution in [1.82, 2.24) is 9.03 Å². The van der Waals surface area contributed by atoms with Gasteiger partial charge >= 0.3 is 5.97 Å². The van der Waals surface area contributed by atoms with Gasteiger partial charge < -0.3 is 5.11 Å². The highest BCUT2D eigenvalue weighted by atomic mass is 32.2. The summed E-state index contributed by atoms with van der Waals surface area (Å²) in [4.78, 5) is 10.7. The Kier molecular flexibility index (Phi) is 7.30. The van der Waals surface area contributed by atoms with Crippen LogP contribution in [0.3, 0.4) is 0 Å². The Balaban J connectivity index is 1.75. The molecule has 0 amide bonds. The molecule has 0 aromatic carbocycles. The lowest BCUT2D eigenvalue weighted by Crippen LogP contribution is -2.44. The predicted molar refractivity (Wildman–Crippen MR) is 89.3 cm³/mol. The first-order valence-electron chi connectivity index (χ1n) is 8.94. The number of carboxylic acids is 1. The first kappa shape index (κ1) is 18.7. The van der Waals surface area contributed by atoms with E-state index in [1.165, 1.54) is 6.42 Å². The Hall–Kier alpha value is -0.660. The summed E-state index contributed by atoms with van der Waals surface area (Å²) in [6.45, 7) is 1.74. The molecule has 1 aliphatic carbocycles. The summed E-state index contributed by atoms with van der Waals surface area (Å²) in [5.41, 5.74) is 0. The first-order chi connectivity index (χ1) is 11.0. The highest BCUT2D eigenvalue weighted by Gasteiger charge is 2.26. The third-order valence-corrected chi connectivity index (χ3v) is 6.72. The van der Waals surface area contributed by atoms with Gasteiger partial charge in [-0.2, -0.15) is 12.7 Å². The molecule has 0 aromatic rings. The zero-order chi connectivity index (χ0) is 16.7. The standard InChI is InChI=1S/C16H30N2O4S/c19-16(20)12-14-6-8-15(9-7-14)13-17-23(21,22)18-10-4-2-1-3-5-11-18/h14-15,17H,1-13H2,(H,19,20). The van der Waals surface area contributed by atoms with Gasteiger partial charge in [0.15, 0.2) is 0 Å². The largest absolute Gasteiger partial charge is 0.481 e. The molecule has 23 heavy (non-hydrogen) atoms. The summed E-state index contributed by atoms with van der Waals surface area (Å²) < 4.78 is 29.3. The molecule has 6 nitrogen and oxygen atoms in total. The normalized spacial score (nSPS) is 28.0. The summed E-state index contributed by atoms with van der Waals surface area (Å²) >= 11 is 0. The highest BCUT2D eigenvalue weighted by Crippen LogP contribution is 2.30. The van der Waals surface area contributed by atoms with Gasteiger partial charge in [-0.15, -0.1) is 0 Å². The fourth-order valence-electron chi connectivity index (χ4n) is 3.66. The summed E-state index contributed by atoms with van der Waals surface area (Å²) in [5.74, 6) is -0.134. The van der Waals surface area contributed by atoms with Crippen molar-refractivity contribution in [3.8, 4) is 0 Å². The van der Waals surface area contributed by atoms with Crippen molar-refractivity contribution >= 4 is 16.2 Å². The molecule has 0 aromatic heterocycles. The molecule has 0 bridgehead atoms. The Labute approximate surface area is 139 Å². The molecule has 0 unspecified atom stereocenters. The van der Waals surface area contributed by atoms with Crippen LogP contribution in [0.5, 0.6) is 0 Å². The third-order valence-electron chi connectivity index (χ3n) is 5.14. The van der Waals surface area contributed by atoms with Crippen LogP contribution in [-0.4, -0.2) is 43.4 Å². The zero-order valence-corrected chi connectivity index (χ0v) is 14.7. The molecule has 2 fully saturated rings. The van der Waals surface area contributed by atoms with Crippen LogP contribution in [0.2, 0.25) is 0 Å². The molecule has 1 aliphatic heterocycles. The minimum atomic E-state index is -3.37. The van der Waals surface area contributed by atoms with E-state index in [-0.39, 0.29) is 12.3 Å². The fraction of sp³-hybridized carbons (Fsp3) is 0.938. The molecule has 134 valence electrons. The molecule has 2 aliphatic rings. The molecule has 0 spiro atoms. The number of rotatable bonds is 6. The van der Waals surface area contributed by atoms with Gasteiger partial charge in [0.05, 0.1) is 0 Å². The van der Waals surface area contributed by atoms with Crippen LogP contribution in [0.15, 0.2) is 0 Å². The van der Waals surface area contributed by atoms with E-state index in [0.29, 0.717) is 25.6 Å². The monoisotopic (exact) mass is 346 g/mol. The lowest BCUT2D eigenvalue weighted by Gasteiger charge is -2.29. The Morgan fingerprint density at radius 2 is 1.48 bits per heavy atom. The van der Waals surface area contributed by atoms with E-state index in [2.05, 4.69) is 4.72 Å². The van der Waals surface area contributed by atoms with E-state index in [9.17, 15) is 13.2 Å². The zero-order valence-electron chi connectivity index (χ0n) is 13.9. The maximum Gasteiger partial charge on any atom is 0.303 e. The molecule has 1 saturated heterocycles. The van der Waals surface area contributed by atoms with E-state index < -0.39 is 16.2 Å². The lowest BCUT2D eigenvalue weighted by atomic mass is 9.81. The Morgan fingerprint density at radius 1 is 0.957 bits per heavy atom. The third kappa shape index (κ3) is 6.39. The van der Waals surface area contributed by atoms with Crippen LogP contribution in [0.1, 0.15) is 64.2 Å². The Bertz CT molecular complexity index is 464. The highest BCUT2D eigenvalue weighted by molar-refractivity contribution is 7.87. The fourth-order valence-corrected chi connectivity index (χ4v) is 5.03.